The van der Waals surface area contributed by atoms with Crippen LogP contribution < -0.4 is 5.32 Å². The topological polar surface area (TPSA) is 60.6 Å². The molecule has 30 heavy (non-hydrogen) atoms. The molecule has 9 heteroatoms. The molecule has 0 radical (unpaired) electrons. The van der Waals surface area contributed by atoms with E-state index < -0.39 is 0 Å². The highest BCUT2D eigenvalue weighted by Gasteiger charge is 2.12. The molecule has 1 N–H and O–H groups in total. The van der Waals surface area contributed by atoms with Gasteiger partial charge in [0, 0.05) is 52.1 Å². The Labute approximate surface area is 189 Å². The lowest BCUT2D eigenvalue weighted by Crippen LogP contribution is -2.15. The highest BCUT2D eigenvalue weighted by atomic mass is 35.5. The van der Waals surface area contributed by atoms with E-state index in [1.807, 2.05) is 25.2 Å². The van der Waals surface area contributed by atoms with E-state index in [9.17, 15) is 0 Å². The molecule has 0 fully saturated rings. The molecule has 4 aromatic rings. The maximum absolute atomic E-state index is 6.39. The number of aryl methyl sites for hydroxylation is 1. The lowest BCUT2D eigenvalue weighted by Gasteiger charge is -2.09. The molecule has 156 valence electrons. The van der Waals surface area contributed by atoms with Crippen molar-refractivity contribution in [3.63, 3.8) is 0 Å². The van der Waals surface area contributed by atoms with E-state index in [1.54, 1.807) is 16.4 Å². The number of rotatable bonds is 9. The van der Waals surface area contributed by atoms with Crippen LogP contribution in [0.15, 0.2) is 53.8 Å². The number of aromatic nitrogens is 5. The van der Waals surface area contributed by atoms with Crippen molar-refractivity contribution in [2.75, 3.05) is 12.3 Å². The van der Waals surface area contributed by atoms with E-state index in [-0.39, 0.29) is 0 Å². The molecule has 0 amide bonds. The van der Waals surface area contributed by atoms with Crippen molar-refractivity contribution in [3.05, 3.63) is 69.8 Å². The fourth-order valence-electron chi connectivity index (χ4n) is 3.38. The smallest absolute Gasteiger partial charge is 0.209 e. The predicted molar refractivity (Wildman–Crippen MR) is 123 cm³/mol. The van der Waals surface area contributed by atoms with E-state index >= 15 is 0 Å². The van der Waals surface area contributed by atoms with Crippen molar-refractivity contribution in [1.29, 1.82) is 0 Å². The molecule has 2 aromatic heterocycles. The highest BCUT2D eigenvalue weighted by Crippen LogP contribution is 2.28. The summed E-state index contributed by atoms with van der Waals surface area (Å²) in [5.41, 5.74) is 3.38. The van der Waals surface area contributed by atoms with Crippen LogP contribution in [0.5, 0.6) is 0 Å². The van der Waals surface area contributed by atoms with Gasteiger partial charge in [0.15, 0.2) is 0 Å². The van der Waals surface area contributed by atoms with E-state index in [2.05, 4.69) is 55.9 Å². The molecule has 0 saturated carbocycles. The number of nitrogens with zero attached hydrogens (tertiary/aromatic N) is 5. The number of hydrogen-bond donors (Lipinski definition) is 1. The van der Waals surface area contributed by atoms with Gasteiger partial charge in [-0.05, 0) is 47.2 Å². The SMILES string of the molecule is Cn1nnnc1SCCCNCc1cn(Cc2c(Cl)cccc2Cl)c2ccccc12. The summed E-state index contributed by atoms with van der Waals surface area (Å²) in [6.45, 7) is 2.37. The summed E-state index contributed by atoms with van der Waals surface area (Å²) in [5, 5.41) is 18.5. The molecule has 0 aliphatic heterocycles. The molecular weight excluding hydrogens is 439 g/mol. The van der Waals surface area contributed by atoms with Crippen molar-refractivity contribution >= 4 is 45.9 Å². The summed E-state index contributed by atoms with van der Waals surface area (Å²) in [7, 11) is 1.85. The molecule has 0 spiro atoms. The van der Waals surface area contributed by atoms with Gasteiger partial charge >= 0.3 is 0 Å². The van der Waals surface area contributed by atoms with Crippen LogP contribution in [0.1, 0.15) is 17.5 Å². The molecule has 0 aliphatic rings. The van der Waals surface area contributed by atoms with Crippen LogP contribution in [-0.2, 0) is 20.1 Å². The Balaban J connectivity index is 1.39. The number of tetrazole rings is 1. The van der Waals surface area contributed by atoms with Crippen LogP contribution in [0.25, 0.3) is 10.9 Å². The van der Waals surface area contributed by atoms with E-state index in [0.717, 1.165) is 36.0 Å². The normalized spacial score (nSPS) is 11.4. The molecular formula is C21H22Cl2N6S. The highest BCUT2D eigenvalue weighted by molar-refractivity contribution is 7.99. The maximum atomic E-state index is 6.39. The Morgan fingerprint density at radius 3 is 2.63 bits per heavy atom. The molecule has 0 unspecified atom stereocenters. The Hall–Kier alpha value is -2.06. The van der Waals surface area contributed by atoms with Crippen LogP contribution in [0.3, 0.4) is 0 Å². The maximum Gasteiger partial charge on any atom is 0.209 e. The second-order valence-corrected chi connectivity index (χ2v) is 8.84. The van der Waals surface area contributed by atoms with Gasteiger partial charge in [0.25, 0.3) is 0 Å². The lowest BCUT2D eigenvalue weighted by atomic mass is 10.2. The molecule has 0 atom stereocenters. The second-order valence-electron chi connectivity index (χ2n) is 6.96. The summed E-state index contributed by atoms with van der Waals surface area (Å²) in [6, 6.07) is 14.1. The lowest BCUT2D eigenvalue weighted by molar-refractivity contribution is 0.661. The standard InChI is InChI=1S/C21H22Cl2N6S/c1-28-21(25-26-27-28)30-11-5-10-24-12-15-13-29(20-9-3-2-6-16(15)20)14-17-18(22)7-4-8-19(17)23/h2-4,6-9,13,24H,5,10-12,14H2,1H3. The zero-order chi connectivity index (χ0) is 20.9. The summed E-state index contributed by atoms with van der Waals surface area (Å²) in [6.07, 6.45) is 3.22. The van der Waals surface area contributed by atoms with Crippen molar-refractivity contribution in [2.45, 2.75) is 24.7 Å². The van der Waals surface area contributed by atoms with Crippen LogP contribution in [-0.4, -0.2) is 37.1 Å². The third-order valence-electron chi connectivity index (χ3n) is 4.89. The van der Waals surface area contributed by atoms with Crippen LogP contribution in [0.2, 0.25) is 10.0 Å². The molecule has 4 rings (SSSR count). The third-order valence-corrected chi connectivity index (χ3v) is 6.69. The van der Waals surface area contributed by atoms with Gasteiger partial charge in [-0.2, -0.15) is 0 Å². The molecule has 0 saturated heterocycles. The number of halogens is 2. The summed E-state index contributed by atoms with van der Waals surface area (Å²) in [5.74, 6) is 0.966. The van der Waals surface area contributed by atoms with Gasteiger partial charge < -0.3 is 9.88 Å². The van der Waals surface area contributed by atoms with Crippen molar-refractivity contribution < 1.29 is 0 Å². The first-order valence-electron chi connectivity index (χ1n) is 9.69. The Bertz CT molecular complexity index is 1120. The minimum atomic E-state index is 0.640. The van der Waals surface area contributed by atoms with Crippen molar-refractivity contribution in [3.8, 4) is 0 Å². The fraction of sp³-hybridized carbons (Fsp3) is 0.286. The second kappa shape index (κ2) is 9.83. The minimum Gasteiger partial charge on any atom is -0.343 e. The van der Waals surface area contributed by atoms with Crippen LogP contribution in [0, 0.1) is 0 Å². The van der Waals surface area contributed by atoms with Gasteiger partial charge in [0.05, 0.1) is 6.54 Å². The number of fused-ring (bicyclic) bond motifs is 1. The molecule has 6 nitrogen and oxygen atoms in total. The average Bonchev–Trinajstić information content (AvgIpc) is 3.31. The van der Waals surface area contributed by atoms with Gasteiger partial charge in [-0.25, -0.2) is 4.68 Å². The van der Waals surface area contributed by atoms with Gasteiger partial charge in [0.2, 0.25) is 5.16 Å². The first kappa shape index (κ1) is 21.2. The van der Waals surface area contributed by atoms with E-state index in [4.69, 9.17) is 23.2 Å². The Morgan fingerprint density at radius 2 is 1.87 bits per heavy atom. The predicted octanol–water partition coefficient (Wildman–Crippen LogP) is 4.79. The number of thioether (sulfide) groups is 1. The minimum absolute atomic E-state index is 0.640. The van der Waals surface area contributed by atoms with Gasteiger partial charge in [-0.3, -0.25) is 0 Å². The molecule has 0 aliphatic carbocycles. The Morgan fingerprint density at radius 1 is 1.07 bits per heavy atom. The number of hydrogen-bond acceptors (Lipinski definition) is 5. The zero-order valence-electron chi connectivity index (χ0n) is 16.6. The number of para-hydroxylation sites is 1. The van der Waals surface area contributed by atoms with E-state index in [1.165, 1.54) is 16.5 Å². The monoisotopic (exact) mass is 460 g/mol. The van der Waals surface area contributed by atoms with Crippen molar-refractivity contribution in [1.82, 2.24) is 30.1 Å². The Kier molecular flexibility index (Phi) is 6.94. The van der Waals surface area contributed by atoms with Crippen molar-refractivity contribution in [2.24, 2.45) is 7.05 Å². The molecule has 2 aromatic carbocycles. The van der Waals surface area contributed by atoms with Crippen LogP contribution in [0.4, 0.5) is 0 Å². The molecule has 2 heterocycles. The average molecular weight is 461 g/mol. The molecule has 0 bridgehead atoms. The van der Waals surface area contributed by atoms with Gasteiger partial charge in [-0.15, -0.1) is 5.10 Å². The summed E-state index contributed by atoms with van der Waals surface area (Å²) in [4.78, 5) is 0. The number of benzene rings is 2. The van der Waals surface area contributed by atoms with Crippen LogP contribution >= 0.6 is 35.0 Å². The summed E-state index contributed by atoms with van der Waals surface area (Å²) >= 11 is 14.4. The van der Waals surface area contributed by atoms with E-state index in [0.29, 0.717) is 16.6 Å². The first-order valence-corrected chi connectivity index (χ1v) is 11.4. The first-order chi connectivity index (χ1) is 14.6. The zero-order valence-corrected chi connectivity index (χ0v) is 18.9. The van der Waals surface area contributed by atoms with Gasteiger partial charge in [-0.1, -0.05) is 59.2 Å². The van der Waals surface area contributed by atoms with Gasteiger partial charge in [0.1, 0.15) is 0 Å². The quantitative estimate of drug-likeness (QED) is 0.287. The summed E-state index contributed by atoms with van der Waals surface area (Å²) < 4.78 is 3.91. The number of nitrogens with one attached hydrogen (secondary N) is 1. The largest absolute Gasteiger partial charge is 0.343 e. The fourth-order valence-corrected chi connectivity index (χ4v) is 4.68. The third kappa shape index (κ3) is 4.81.